The highest BCUT2D eigenvalue weighted by molar-refractivity contribution is 6.36. The van der Waals surface area contributed by atoms with E-state index < -0.39 is 29.2 Å². The van der Waals surface area contributed by atoms with Gasteiger partial charge in [-0.25, -0.2) is 9.78 Å². The van der Waals surface area contributed by atoms with Crippen molar-refractivity contribution in [3.8, 4) is 0 Å². The Kier molecular flexibility index (Phi) is 5.99. The van der Waals surface area contributed by atoms with Crippen LogP contribution in [0.1, 0.15) is 6.92 Å². The van der Waals surface area contributed by atoms with Crippen LogP contribution < -0.4 is 16.6 Å². The molecular formula is C18H17Cl2N5O5. The summed E-state index contributed by atoms with van der Waals surface area (Å²) >= 11 is 11.8. The normalized spacial score (nSPS) is 12.0. The molecule has 0 saturated heterocycles. The second-order valence-corrected chi connectivity index (χ2v) is 7.34. The van der Waals surface area contributed by atoms with E-state index in [1.165, 1.54) is 48.6 Å². The maximum Gasteiger partial charge on any atom is 0.332 e. The van der Waals surface area contributed by atoms with Gasteiger partial charge in [-0.3, -0.25) is 23.5 Å². The number of rotatable bonds is 5. The maximum atomic E-state index is 12.4. The Bertz CT molecular complexity index is 1280. The van der Waals surface area contributed by atoms with Crippen molar-refractivity contribution in [2.24, 2.45) is 14.1 Å². The third kappa shape index (κ3) is 4.10. The lowest BCUT2D eigenvalue weighted by Crippen LogP contribution is -2.38. The van der Waals surface area contributed by atoms with Crippen LogP contribution >= 0.6 is 23.2 Å². The Morgan fingerprint density at radius 2 is 1.90 bits per heavy atom. The first-order valence-electron chi connectivity index (χ1n) is 8.66. The van der Waals surface area contributed by atoms with Gasteiger partial charge < -0.3 is 14.6 Å². The lowest BCUT2D eigenvalue weighted by Gasteiger charge is -2.14. The molecule has 12 heteroatoms. The number of imidazole rings is 1. The number of ether oxygens (including phenoxy) is 1. The Labute approximate surface area is 179 Å². The average molecular weight is 454 g/mol. The van der Waals surface area contributed by atoms with Gasteiger partial charge in [0.1, 0.15) is 6.54 Å². The lowest BCUT2D eigenvalue weighted by molar-refractivity contribution is -0.153. The number of benzene rings is 1. The second kappa shape index (κ2) is 8.33. The van der Waals surface area contributed by atoms with Crippen LogP contribution in [0.25, 0.3) is 11.2 Å². The number of nitrogens with one attached hydrogen (secondary N) is 1. The molecule has 2 aromatic heterocycles. The summed E-state index contributed by atoms with van der Waals surface area (Å²) in [6.45, 7) is 1.02. The number of aromatic nitrogens is 4. The minimum absolute atomic E-state index is 0.0709. The molecule has 1 aromatic carbocycles. The molecule has 1 atom stereocenters. The summed E-state index contributed by atoms with van der Waals surface area (Å²) in [7, 11) is 2.79. The third-order valence-corrected chi connectivity index (χ3v) is 4.93. The highest BCUT2D eigenvalue weighted by atomic mass is 35.5. The quantitative estimate of drug-likeness (QED) is 0.581. The fourth-order valence-corrected chi connectivity index (χ4v) is 3.22. The zero-order valence-corrected chi connectivity index (χ0v) is 17.7. The van der Waals surface area contributed by atoms with E-state index in [4.69, 9.17) is 27.9 Å². The van der Waals surface area contributed by atoms with Crippen LogP contribution in [-0.2, 0) is 35.0 Å². The summed E-state index contributed by atoms with van der Waals surface area (Å²) in [5, 5.41) is 3.19. The smallest absolute Gasteiger partial charge is 0.332 e. The van der Waals surface area contributed by atoms with Crippen LogP contribution in [-0.4, -0.2) is 36.7 Å². The van der Waals surface area contributed by atoms with Crippen LogP contribution in [0, 0.1) is 0 Å². The van der Waals surface area contributed by atoms with Gasteiger partial charge in [0.2, 0.25) is 0 Å². The number of amides is 1. The van der Waals surface area contributed by atoms with Crippen LogP contribution in [0.15, 0.2) is 34.1 Å². The Hall–Kier alpha value is -3.11. The predicted octanol–water partition coefficient (Wildman–Crippen LogP) is 1.31. The molecule has 3 aromatic rings. The fraction of sp³-hybridized carbons (Fsp3) is 0.278. The van der Waals surface area contributed by atoms with Crippen LogP contribution in [0.3, 0.4) is 0 Å². The number of hydrogen-bond acceptors (Lipinski definition) is 6. The van der Waals surface area contributed by atoms with Gasteiger partial charge >= 0.3 is 11.7 Å². The van der Waals surface area contributed by atoms with Crippen molar-refractivity contribution in [3.05, 3.63) is 55.4 Å². The molecular weight excluding hydrogens is 437 g/mol. The first kappa shape index (κ1) is 21.6. The maximum absolute atomic E-state index is 12.4. The molecule has 0 aliphatic carbocycles. The van der Waals surface area contributed by atoms with Gasteiger partial charge in [-0.1, -0.05) is 23.2 Å². The van der Waals surface area contributed by atoms with E-state index in [2.05, 4.69) is 10.3 Å². The van der Waals surface area contributed by atoms with Gasteiger partial charge in [0.25, 0.3) is 11.5 Å². The number of aryl methyl sites for hydroxylation is 1. The molecule has 0 fully saturated rings. The molecule has 2 heterocycles. The van der Waals surface area contributed by atoms with Crippen molar-refractivity contribution < 1.29 is 14.3 Å². The van der Waals surface area contributed by atoms with Crippen molar-refractivity contribution in [2.75, 3.05) is 5.32 Å². The number of carbonyl (C=O) groups is 2. The molecule has 158 valence electrons. The van der Waals surface area contributed by atoms with Crippen LogP contribution in [0.5, 0.6) is 0 Å². The minimum Gasteiger partial charge on any atom is -0.451 e. The van der Waals surface area contributed by atoms with E-state index in [9.17, 15) is 19.2 Å². The number of hydrogen-bond donors (Lipinski definition) is 1. The molecule has 0 saturated carbocycles. The molecule has 3 rings (SSSR count). The summed E-state index contributed by atoms with van der Waals surface area (Å²) < 4.78 is 8.53. The van der Waals surface area contributed by atoms with Crippen molar-refractivity contribution in [1.82, 2.24) is 18.7 Å². The Balaban J connectivity index is 1.73. The molecule has 0 spiro atoms. The molecule has 1 amide bonds. The van der Waals surface area contributed by atoms with E-state index in [-0.39, 0.29) is 22.7 Å². The van der Waals surface area contributed by atoms with Crippen molar-refractivity contribution in [1.29, 1.82) is 0 Å². The van der Waals surface area contributed by atoms with Crippen molar-refractivity contribution in [2.45, 2.75) is 19.6 Å². The molecule has 1 unspecified atom stereocenters. The topological polar surface area (TPSA) is 117 Å². The van der Waals surface area contributed by atoms with E-state index in [1.54, 1.807) is 6.07 Å². The number of nitrogens with zero attached hydrogens (tertiary/aromatic N) is 4. The number of carbonyl (C=O) groups excluding carboxylic acids is 2. The molecule has 1 N–H and O–H groups in total. The Morgan fingerprint density at radius 3 is 2.57 bits per heavy atom. The summed E-state index contributed by atoms with van der Waals surface area (Å²) in [5.41, 5.74) is -0.604. The summed E-state index contributed by atoms with van der Waals surface area (Å²) in [4.78, 5) is 53.0. The molecule has 0 radical (unpaired) electrons. The SMILES string of the molecule is CC(OC(=O)Cn1cnc2c1c(=O)n(C)c(=O)n2C)C(=O)Nc1ccc(Cl)cc1Cl. The second-order valence-electron chi connectivity index (χ2n) is 6.50. The zero-order chi connectivity index (χ0) is 22.2. The van der Waals surface area contributed by atoms with Gasteiger partial charge in [0.05, 0.1) is 17.0 Å². The van der Waals surface area contributed by atoms with Crippen LogP contribution in [0.4, 0.5) is 5.69 Å². The van der Waals surface area contributed by atoms with Crippen molar-refractivity contribution >= 4 is 51.9 Å². The lowest BCUT2D eigenvalue weighted by atomic mass is 10.3. The van der Waals surface area contributed by atoms with Crippen LogP contribution in [0.2, 0.25) is 10.0 Å². The van der Waals surface area contributed by atoms with E-state index >= 15 is 0 Å². The van der Waals surface area contributed by atoms with Gasteiger partial charge in [-0.15, -0.1) is 0 Å². The summed E-state index contributed by atoms with van der Waals surface area (Å²) in [5.74, 6) is -1.36. The largest absolute Gasteiger partial charge is 0.451 e. The standard InChI is InChI=1S/C18H17Cl2N5O5/c1-9(16(27)22-12-5-4-10(19)6-11(12)20)30-13(26)7-25-8-21-15-14(25)17(28)24(3)18(29)23(15)2/h4-6,8-9H,7H2,1-3H3,(H,22,27). The highest BCUT2D eigenvalue weighted by Crippen LogP contribution is 2.25. The minimum atomic E-state index is -1.13. The molecule has 0 aliphatic rings. The van der Waals surface area contributed by atoms with E-state index in [0.29, 0.717) is 10.7 Å². The fourth-order valence-electron chi connectivity index (χ4n) is 2.77. The number of esters is 1. The average Bonchev–Trinajstić information content (AvgIpc) is 3.10. The van der Waals surface area contributed by atoms with Gasteiger partial charge in [0.15, 0.2) is 17.3 Å². The monoisotopic (exact) mass is 453 g/mol. The van der Waals surface area contributed by atoms with Gasteiger partial charge in [-0.05, 0) is 25.1 Å². The highest BCUT2D eigenvalue weighted by Gasteiger charge is 2.21. The predicted molar refractivity (Wildman–Crippen MR) is 111 cm³/mol. The first-order chi connectivity index (χ1) is 14.1. The number of halogens is 2. The summed E-state index contributed by atoms with van der Waals surface area (Å²) in [6, 6.07) is 4.54. The molecule has 10 nitrogen and oxygen atoms in total. The molecule has 30 heavy (non-hydrogen) atoms. The van der Waals surface area contributed by atoms with Gasteiger partial charge in [-0.2, -0.15) is 0 Å². The zero-order valence-electron chi connectivity index (χ0n) is 16.2. The molecule has 0 aliphatic heterocycles. The van der Waals surface area contributed by atoms with Crippen molar-refractivity contribution in [3.63, 3.8) is 0 Å². The third-order valence-electron chi connectivity index (χ3n) is 4.38. The number of anilines is 1. The number of fused-ring (bicyclic) bond motifs is 1. The van der Waals surface area contributed by atoms with E-state index in [1.807, 2.05) is 0 Å². The Morgan fingerprint density at radius 1 is 1.20 bits per heavy atom. The van der Waals surface area contributed by atoms with Gasteiger partial charge in [0, 0.05) is 19.1 Å². The van der Waals surface area contributed by atoms with E-state index in [0.717, 1.165) is 4.57 Å². The summed E-state index contributed by atoms with van der Waals surface area (Å²) in [6.07, 6.45) is 0.122. The molecule has 0 bridgehead atoms. The first-order valence-corrected chi connectivity index (χ1v) is 9.42.